The van der Waals surface area contributed by atoms with Gasteiger partial charge in [-0.25, -0.2) is 0 Å². The molecule has 0 saturated heterocycles. The van der Waals surface area contributed by atoms with Gasteiger partial charge < -0.3 is 19.7 Å². The van der Waals surface area contributed by atoms with Crippen LogP contribution in [0.5, 0.6) is 11.5 Å². The number of hydrogen-bond acceptors (Lipinski definition) is 4. The Morgan fingerprint density at radius 3 is 2.50 bits per heavy atom. The SMILES string of the molecule is COc1cc(C(=O)N(C)CC(=O)NC2CC2)ccc1OCc1ccc(Cl)cc1. The Balaban J connectivity index is 1.63. The molecule has 1 aliphatic carbocycles. The Bertz CT molecular complexity index is 850. The fourth-order valence-corrected chi connectivity index (χ4v) is 2.80. The van der Waals surface area contributed by atoms with Crippen LogP contribution in [-0.2, 0) is 11.4 Å². The van der Waals surface area contributed by atoms with Gasteiger partial charge in [-0.2, -0.15) is 0 Å². The van der Waals surface area contributed by atoms with Crippen molar-refractivity contribution in [2.45, 2.75) is 25.5 Å². The summed E-state index contributed by atoms with van der Waals surface area (Å²) in [5, 5.41) is 3.54. The van der Waals surface area contributed by atoms with Crippen molar-refractivity contribution >= 4 is 23.4 Å². The standard InChI is InChI=1S/C21H23ClN2O4/c1-24(12-20(25)23-17-8-9-17)21(26)15-5-10-18(19(11-15)27-2)28-13-14-3-6-16(22)7-4-14/h3-7,10-11,17H,8-9,12-13H2,1-2H3,(H,23,25). The summed E-state index contributed by atoms with van der Waals surface area (Å²) in [6.07, 6.45) is 2.02. The summed E-state index contributed by atoms with van der Waals surface area (Å²) in [5.74, 6) is 0.584. The molecule has 0 radical (unpaired) electrons. The average molecular weight is 403 g/mol. The molecule has 0 aliphatic heterocycles. The van der Waals surface area contributed by atoms with Crippen LogP contribution in [0.3, 0.4) is 0 Å². The van der Waals surface area contributed by atoms with Gasteiger partial charge in [0.25, 0.3) is 5.91 Å². The molecule has 1 N–H and O–H groups in total. The lowest BCUT2D eigenvalue weighted by atomic mass is 10.1. The van der Waals surface area contributed by atoms with Crippen molar-refractivity contribution in [3.63, 3.8) is 0 Å². The molecule has 0 spiro atoms. The van der Waals surface area contributed by atoms with Gasteiger partial charge in [0.1, 0.15) is 6.61 Å². The highest BCUT2D eigenvalue weighted by Crippen LogP contribution is 2.29. The van der Waals surface area contributed by atoms with E-state index in [0.29, 0.717) is 28.7 Å². The zero-order valence-electron chi connectivity index (χ0n) is 15.9. The minimum Gasteiger partial charge on any atom is -0.493 e. The number of benzene rings is 2. The quantitative estimate of drug-likeness (QED) is 0.735. The van der Waals surface area contributed by atoms with E-state index in [1.165, 1.54) is 12.0 Å². The normalized spacial score (nSPS) is 13.0. The van der Waals surface area contributed by atoms with E-state index in [0.717, 1.165) is 18.4 Å². The van der Waals surface area contributed by atoms with E-state index in [4.69, 9.17) is 21.1 Å². The van der Waals surface area contributed by atoms with Crippen molar-refractivity contribution in [3.8, 4) is 11.5 Å². The second kappa shape index (κ2) is 8.97. The number of nitrogens with one attached hydrogen (secondary N) is 1. The molecule has 7 heteroatoms. The molecule has 28 heavy (non-hydrogen) atoms. The average Bonchev–Trinajstić information content (AvgIpc) is 3.50. The number of amides is 2. The first-order chi connectivity index (χ1) is 13.5. The van der Waals surface area contributed by atoms with Crippen LogP contribution >= 0.6 is 11.6 Å². The Morgan fingerprint density at radius 1 is 1.14 bits per heavy atom. The largest absolute Gasteiger partial charge is 0.493 e. The number of halogens is 1. The number of carbonyl (C=O) groups is 2. The van der Waals surface area contributed by atoms with Crippen LogP contribution in [0.15, 0.2) is 42.5 Å². The third-order valence-corrected chi connectivity index (χ3v) is 4.64. The second-order valence-corrected chi connectivity index (χ2v) is 7.22. The maximum atomic E-state index is 12.6. The van der Waals surface area contributed by atoms with Crippen LogP contribution in [0, 0.1) is 0 Å². The number of likely N-dealkylation sites (N-methyl/N-ethyl adjacent to an activating group) is 1. The van der Waals surface area contributed by atoms with Crippen LogP contribution in [0.4, 0.5) is 0 Å². The highest BCUT2D eigenvalue weighted by Gasteiger charge is 2.24. The summed E-state index contributed by atoms with van der Waals surface area (Å²) in [4.78, 5) is 25.9. The predicted octanol–water partition coefficient (Wildman–Crippen LogP) is 3.28. The van der Waals surface area contributed by atoms with Crippen molar-refractivity contribution in [2.75, 3.05) is 20.7 Å². The maximum absolute atomic E-state index is 12.6. The number of rotatable bonds is 8. The third kappa shape index (κ3) is 5.39. The first-order valence-corrected chi connectivity index (χ1v) is 9.44. The van der Waals surface area contributed by atoms with E-state index >= 15 is 0 Å². The van der Waals surface area contributed by atoms with Gasteiger partial charge in [0, 0.05) is 23.7 Å². The monoisotopic (exact) mass is 402 g/mol. The zero-order valence-corrected chi connectivity index (χ0v) is 16.7. The molecular formula is C21H23ClN2O4. The summed E-state index contributed by atoms with van der Waals surface area (Å²) < 4.78 is 11.2. The van der Waals surface area contributed by atoms with Crippen molar-refractivity contribution in [1.29, 1.82) is 0 Å². The van der Waals surface area contributed by atoms with Crippen LogP contribution < -0.4 is 14.8 Å². The molecule has 3 rings (SSSR count). The summed E-state index contributed by atoms with van der Waals surface area (Å²) in [5.41, 5.74) is 1.39. The predicted molar refractivity (Wildman–Crippen MR) is 107 cm³/mol. The fourth-order valence-electron chi connectivity index (χ4n) is 2.67. The molecule has 2 aromatic rings. The number of ether oxygens (including phenoxy) is 2. The van der Waals surface area contributed by atoms with Gasteiger partial charge in [-0.15, -0.1) is 0 Å². The Hall–Kier alpha value is -2.73. The Labute approximate surface area is 169 Å². The van der Waals surface area contributed by atoms with E-state index in [2.05, 4.69) is 5.32 Å². The van der Waals surface area contributed by atoms with Crippen LogP contribution in [0.25, 0.3) is 0 Å². The lowest BCUT2D eigenvalue weighted by molar-refractivity contribution is -0.121. The summed E-state index contributed by atoms with van der Waals surface area (Å²) in [6.45, 7) is 0.370. The molecule has 2 aromatic carbocycles. The summed E-state index contributed by atoms with van der Waals surface area (Å²) >= 11 is 5.89. The molecule has 148 valence electrons. The highest BCUT2D eigenvalue weighted by atomic mass is 35.5. The molecule has 0 aromatic heterocycles. The van der Waals surface area contributed by atoms with Crippen LogP contribution in [0.2, 0.25) is 5.02 Å². The fraction of sp³-hybridized carbons (Fsp3) is 0.333. The van der Waals surface area contributed by atoms with Crippen molar-refractivity contribution in [3.05, 3.63) is 58.6 Å². The first-order valence-electron chi connectivity index (χ1n) is 9.06. The minimum absolute atomic E-state index is 0.0203. The molecule has 0 atom stereocenters. The maximum Gasteiger partial charge on any atom is 0.254 e. The highest BCUT2D eigenvalue weighted by molar-refractivity contribution is 6.30. The Morgan fingerprint density at radius 2 is 1.86 bits per heavy atom. The molecule has 0 heterocycles. The topological polar surface area (TPSA) is 67.9 Å². The molecule has 1 fully saturated rings. The van der Waals surface area contributed by atoms with Crippen molar-refractivity contribution in [2.24, 2.45) is 0 Å². The number of hydrogen-bond donors (Lipinski definition) is 1. The number of carbonyl (C=O) groups excluding carboxylic acids is 2. The van der Waals surface area contributed by atoms with Gasteiger partial charge in [0.15, 0.2) is 11.5 Å². The Kier molecular flexibility index (Phi) is 6.41. The number of nitrogens with zero attached hydrogens (tertiary/aromatic N) is 1. The van der Waals surface area contributed by atoms with E-state index in [1.807, 2.05) is 12.1 Å². The van der Waals surface area contributed by atoms with E-state index < -0.39 is 0 Å². The lowest BCUT2D eigenvalue weighted by Crippen LogP contribution is -2.39. The molecule has 0 unspecified atom stereocenters. The van der Waals surface area contributed by atoms with Crippen molar-refractivity contribution in [1.82, 2.24) is 10.2 Å². The van der Waals surface area contributed by atoms with Gasteiger partial charge >= 0.3 is 0 Å². The van der Waals surface area contributed by atoms with Gasteiger partial charge in [0.05, 0.1) is 13.7 Å². The van der Waals surface area contributed by atoms with Gasteiger partial charge in [0.2, 0.25) is 5.91 Å². The third-order valence-electron chi connectivity index (χ3n) is 4.39. The lowest BCUT2D eigenvalue weighted by Gasteiger charge is -2.18. The van der Waals surface area contributed by atoms with E-state index in [1.54, 1.807) is 37.4 Å². The molecule has 6 nitrogen and oxygen atoms in total. The molecule has 2 amide bonds. The molecule has 1 saturated carbocycles. The van der Waals surface area contributed by atoms with Crippen molar-refractivity contribution < 1.29 is 19.1 Å². The van der Waals surface area contributed by atoms with Gasteiger partial charge in [-0.3, -0.25) is 9.59 Å². The van der Waals surface area contributed by atoms with Gasteiger partial charge in [-0.05, 0) is 48.7 Å². The summed E-state index contributed by atoms with van der Waals surface area (Å²) in [7, 11) is 3.12. The summed E-state index contributed by atoms with van der Waals surface area (Å²) in [6, 6.07) is 12.6. The zero-order chi connectivity index (χ0) is 20.1. The van der Waals surface area contributed by atoms with Gasteiger partial charge in [-0.1, -0.05) is 23.7 Å². The smallest absolute Gasteiger partial charge is 0.254 e. The molecular weight excluding hydrogens is 380 g/mol. The van der Waals surface area contributed by atoms with E-state index in [-0.39, 0.29) is 24.4 Å². The number of methoxy groups -OCH3 is 1. The first kappa shape index (κ1) is 20.0. The van der Waals surface area contributed by atoms with Crippen LogP contribution in [-0.4, -0.2) is 43.5 Å². The van der Waals surface area contributed by atoms with Crippen LogP contribution in [0.1, 0.15) is 28.8 Å². The molecule has 0 bridgehead atoms. The second-order valence-electron chi connectivity index (χ2n) is 6.78. The van der Waals surface area contributed by atoms with E-state index in [9.17, 15) is 9.59 Å². The minimum atomic E-state index is -0.256. The molecule has 1 aliphatic rings.